The summed E-state index contributed by atoms with van der Waals surface area (Å²) in [6, 6.07) is 0. The molecule has 100 valence electrons. The highest BCUT2D eigenvalue weighted by Gasteiger charge is 2.22. The Bertz CT molecular complexity index is 619. The summed E-state index contributed by atoms with van der Waals surface area (Å²) in [6.45, 7) is 4.32. The van der Waals surface area contributed by atoms with Crippen molar-refractivity contribution in [3.8, 4) is 0 Å². The van der Waals surface area contributed by atoms with Crippen LogP contribution >= 0.6 is 11.3 Å². The molecule has 3 rings (SSSR count). The van der Waals surface area contributed by atoms with Gasteiger partial charge < -0.3 is 14.2 Å². The van der Waals surface area contributed by atoms with Gasteiger partial charge in [0.1, 0.15) is 10.7 Å². The molecule has 1 aliphatic rings. The van der Waals surface area contributed by atoms with E-state index >= 15 is 0 Å². The maximum Gasteiger partial charge on any atom is 0.350 e. The lowest BCUT2D eigenvalue weighted by atomic mass is 10.4. The summed E-state index contributed by atoms with van der Waals surface area (Å²) in [4.78, 5) is 23.1. The van der Waals surface area contributed by atoms with E-state index in [4.69, 9.17) is 4.74 Å². The number of esters is 1. The van der Waals surface area contributed by atoms with E-state index in [9.17, 15) is 4.79 Å². The number of fused-ring (bicyclic) bond motifs is 1. The topological polar surface area (TPSA) is 60.2 Å². The van der Waals surface area contributed by atoms with Gasteiger partial charge in [-0.2, -0.15) is 0 Å². The lowest BCUT2D eigenvalue weighted by Crippen LogP contribution is -2.33. The number of anilines is 1. The van der Waals surface area contributed by atoms with Crippen LogP contribution < -0.4 is 4.90 Å². The third kappa shape index (κ3) is 2.10. The Morgan fingerprint density at radius 1 is 1.47 bits per heavy atom. The molecule has 7 heteroatoms. The highest BCUT2D eigenvalue weighted by molar-refractivity contribution is 7.17. The number of hydrogen-bond acceptors (Lipinski definition) is 6. The molecule has 0 unspecified atom stereocenters. The van der Waals surface area contributed by atoms with E-state index in [0.29, 0.717) is 4.88 Å². The number of carbonyl (C=O) groups excluding carboxylic acids is 1. The van der Waals surface area contributed by atoms with Gasteiger partial charge in [-0.3, -0.25) is 0 Å². The van der Waals surface area contributed by atoms with Crippen LogP contribution in [0.15, 0.2) is 12.4 Å². The molecule has 0 aliphatic carbocycles. The van der Waals surface area contributed by atoms with Gasteiger partial charge in [-0.1, -0.05) is 11.3 Å². The van der Waals surface area contributed by atoms with Crippen molar-refractivity contribution < 1.29 is 9.53 Å². The summed E-state index contributed by atoms with van der Waals surface area (Å²) in [5, 5.41) is 0.854. The number of aromatic nitrogens is 3. The minimum atomic E-state index is -0.320. The molecule has 0 bridgehead atoms. The summed E-state index contributed by atoms with van der Waals surface area (Å²) < 4.78 is 6.90. The standard InChI is InChI=1S/C12H14N4O2S/c1-8-10(11(17)18-2)19-12(14-8)16-6-5-15-4-3-13-9(15)7-16/h3-4H,5-7H2,1-2H3. The Balaban J connectivity index is 1.86. The van der Waals surface area contributed by atoms with E-state index in [1.165, 1.54) is 18.4 Å². The van der Waals surface area contributed by atoms with E-state index in [0.717, 1.165) is 36.3 Å². The molecule has 2 aromatic heterocycles. The number of thiazole rings is 1. The Kier molecular flexibility index (Phi) is 2.98. The maximum absolute atomic E-state index is 11.6. The number of rotatable bonds is 2. The SMILES string of the molecule is COC(=O)c1sc(N2CCn3ccnc3C2)nc1C. The van der Waals surface area contributed by atoms with Crippen LogP contribution in [0, 0.1) is 6.92 Å². The summed E-state index contributed by atoms with van der Waals surface area (Å²) in [6.07, 6.45) is 3.80. The first kappa shape index (κ1) is 12.2. The van der Waals surface area contributed by atoms with Crippen molar-refractivity contribution in [3.63, 3.8) is 0 Å². The van der Waals surface area contributed by atoms with Crippen molar-refractivity contribution in [2.24, 2.45) is 0 Å². The molecule has 0 saturated carbocycles. The van der Waals surface area contributed by atoms with Crippen molar-refractivity contribution in [1.82, 2.24) is 14.5 Å². The number of methoxy groups -OCH3 is 1. The zero-order valence-corrected chi connectivity index (χ0v) is 11.6. The minimum Gasteiger partial charge on any atom is -0.465 e. The molecule has 19 heavy (non-hydrogen) atoms. The third-order valence-corrected chi connectivity index (χ3v) is 4.37. The number of aryl methyl sites for hydroxylation is 1. The Labute approximate surface area is 114 Å². The van der Waals surface area contributed by atoms with Crippen molar-refractivity contribution in [2.45, 2.75) is 20.0 Å². The fraction of sp³-hybridized carbons (Fsp3) is 0.417. The Morgan fingerprint density at radius 2 is 2.32 bits per heavy atom. The number of hydrogen-bond donors (Lipinski definition) is 0. The second-order valence-corrected chi connectivity index (χ2v) is 5.34. The van der Waals surface area contributed by atoms with E-state index in [1.807, 2.05) is 19.3 Å². The Hall–Kier alpha value is -1.89. The van der Waals surface area contributed by atoms with Gasteiger partial charge in [0.25, 0.3) is 0 Å². The fourth-order valence-electron chi connectivity index (χ4n) is 2.14. The monoisotopic (exact) mass is 278 g/mol. The van der Waals surface area contributed by atoms with Crippen LogP contribution in [0.25, 0.3) is 0 Å². The van der Waals surface area contributed by atoms with Gasteiger partial charge in [-0.25, -0.2) is 14.8 Å². The average Bonchev–Trinajstić information content (AvgIpc) is 3.03. The zero-order chi connectivity index (χ0) is 13.4. The van der Waals surface area contributed by atoms with Crippen LogP contribution in [0.3, 0.4) is 0 Å². The fourth-order valence-corrected chi connectivity index (χ4v) is 3.15. The van der Waals surface area contributed by atoms with E-state index in [-0.39, 0.29) is 5.97 Å². The molecule has 0 atom stereocenters. The van der Waals surface area contributed by atoms with Crippen molar-refractivity contribution in [3.05, 3.63) is 28.8 Å². The van der Waals surface area contributed by atoms with Crippen LogP contribution in [-0.4, -0.2) is 34.2 Å². The van der Waals surface area contributed by atoms with E-state index < -0.39 is 0 Å². The van der Waals surface area contributed by atoms with Crippen LogP contribution in [0.4, 0.5) is 5.13 Å². The lowest BCUT2D eigenvalue weighted by molar-refractivity contribution is 0.0605. The van der Waals surface area contributed by atoms with Gasteiger partial charge in [-0.15, -0.1) is 0 Å². The van der Waals surface area contributed by atoms with Gasteiger partial charge >= 0.3 is 5.97 Å². The van der Waals surface area contributed by atoms with Gasteiger partial charge in [0.2, 0.25) is 0 Å². The zero-order valence-electron chi connectivity index (χ0n) is 10.8. The van der Waals surface area contributed by atoms with Gasteiger partial charge in [0, 0.05) is 25.5 Å². The number of ether oxygens (including phenoxy) is 1. The molecule has 1 aliphatic heterocycles. The summed E-state index contributed by atoms with van der Waals surface area (Å²) in [5.41, 5.74) is 0.723. The summed E-state index contributed by atoms with van der Waals surface area (Å²) in [5.74, 6) is 0.707. The molecule has 0 aromatic carbocycles. The third-order valence-electron chi connectivity index (χ3n) is 3.17. The predicted molar refractivity (Wildman–Crippen MR) is 71.5 cm³/mol. The van der Waals surface area contributed by atoms with Crippen molar-refractivity contribution in [1.29, 1.82) is 0 Å². The number of imidazole rings is 1. The first-order valence-electron chi connectivity index (χ1n) is 5.99. The molecule has 0 fully saturated rings. The number of carbonyl (C=O) groups is 1. The summed E-state index contributed by atoms with van der Waals surface area (Å²) >= 11 is 1.38. The molecule has 0 N–H and O–H groups in total. The average molecular weight is 278 g/mol. The maximum atomic E-state index is 11.6. The van der Waals surface area contributed by atoms with Gasteiger partial charge in [0.15, 0.2) is 5.13 Å². The molecule has 2 aromatic rings. The first-order chi connectivity index (χ1) is 9.19. The largest absolute Gasteiger partial charge is 0.465 e. The van der Waals surface area contributed by atoms with Crippen molar-refractivity contribution >= 4 is 22.4 Å². The predicted octanol–water partition coefficient (Wildman–Crippen LogP) is 1.45. The first-order valence-corrected chi connectivity index (χ1v) is 6.81. The smallest absolute Gasteiger partial charge is 0.350 e. The van der Waals surface area contributed by atoms with Crippen LogP contribution in [0.5, 0.6) is 0 Å². The molecular formula is C12H14N4O2S. The molecular weight excluding hydrogens is 264 g/mol. The normalized spacial score (nSPS) is 14.3. The molecule has 0 spiro atoms. The Morgan fingerprint density at radius 3 is 3.11 bits per heavy atom. The second kappa shape index (κ2) is 4.65. The highest BCUT2D eigenvalue weighted by atomic mass is 32.1. The lowest BCUT2D eigenvalue weighted by Gasteiger charge is -2.27. The highest BCUT2D eigenvalue weighted by Crippen LogP contribution is 2.28. The molecule has 0 radical (unpaired) electrons. The summed E-state index contributed by atoms with van der Waals surface area (Å²) in [7, 11) is 1.39. The minimum absolute atomic E-state index is 0.320. The number of nitrogens with zero attached hydrogens (tertiary/aromatic N) is 4. The van der Waals surface area contributed by atoms with Crippen LogP contribution in [-0.2, 0) is 17.8 Å². The van der Waals surface area contributed by atoms with Gasteiger partial charge in [0.05, 0.1) is 19.3 Å². The molecule has 3 heterocycles. The van der Waals surface area contributed by atoms with E-state index in [2.05, 4.69) is 19.4 Å². The van der Waals surface area contributed by atoms with Gasteiger partial charge in [-0.05, 0) is 6.92 Å². The van der Waals surface area contributed by atoms with Crippen molar-refractivity contribution in [2.75, 3.05) is 18.6 Å². The molecule has 6 nitrogen and oxygen atoms in total. The molecule has 0 amide bonds. The van der Waals surface area contributed by atoms with Crippen LogP contribution in [0.2, 0.25) is 0 Å². The van der Waals surface area contributed by atoms with E-state index in [1.54, 1.807) is 0 Å². The quantitative estimate of drug-likeness (QED) is 0.778. The molecule has 0 saturated heterocycles. The van der Waals surface area contributed by atoms with Crippen LogP contribution in [0.1, 0.15) is 21.2 Å². The second-order valence-electron chi connectivity index (χ2n) is 4.36.